The number of hydrogen-bond acceptors (Lipinski definition) is 5. The number of nitrogens with zero attached hydrogens (tertiary/aromatic N) is 4. The van der Waals surface area contributed by atoms with Gasteiger partial charge in [0, 0.05) is 24.0 Å². The van der Waals surface area contributed by atoms with Crippen LogP contribution in [0.1, 0.15) is 6.92 Å². The highest BCUT2D eigenvalue weighted by atomic mass is 35.5. The van der Waals surface area contributed by atoms with Crippen LogP contribution in [0.5, 0.6) is 0 Å². The Bertz CT molecular complexity index is 732. The number of nitrogens with two attached hydrogens (primary N) is 1. The minimum Gasteiger partial charge on any atom is -0.414 e. The van der Waals surface area contributed by atoms with Gasteiger partial charge in [0.25, 0.3) is 5.89 Å². The lowest BCUT2D eigenvalue weighted by Crippen LogP contribution is -1.93. The smallest absolute Gasteiger partial charge is 0.270 e. The molecule has 0 saturated heterocycles. The summed E-state index contributed by atoms with van der Waals surface area (Å²) in [6, 6.07) is 7.19. The molecule has 0 atom stereocenters. The summed E-state index contributed by atoms with van der Waals surface area (Å²) in [7, 11) is 0. The molecule has 0 radical (unpaired) electrons. The Morgan fingerprint density at radius 3 is 2.55 bits per heavy atom. The van der Waals surface area contributed by atoms with E-state index in [1.807, 2.05) is 19.1 Å². The second kappa shape index (κ2) is 4.97. The van der Waals surface area contributed by atoms with E-state index < -0.39 is 0 Å². The van der Waals surface area contributed by atoms with E-state index in [1.54, 1.807) is 23.0 Å². The third-order valence-corrected chi connectivity index (χ3v) is 3.10. The lowest BCUT2D eigenvalue weighted by Gasteiger charge is -1.95. The molecule has 3 rings (SSSR count). The zero-order chi connectivity index (χ0) is 14.1. The van der Waals surface area contributed by atoms with Gasteiger partial charge in [-0.3, -0.25) is 4.68 Å². The Kier molecular flexibility index (Phi) is 3.15. The van der Waals surface area contributed by atoms with Gasteiger partial charge in [-0.25, -0.2) is 0 Å². The molecule has 0 unspecified atom stereocenters. The van der Waals surface area contributed by atoms with E-state index in [0.717, 1.165) is 12.1 Å². The normalized spacial score (nSPS) is 10.9. The molecule has 0 bridgehead atoms. The first-order valence-electron chi connectivity index (χ1n) is 6.10. The molecule has 0 fully saturated rings. The summed E-state index contributed by atoms with van der Waals surface area (Å²) >= 11 is 6.11. The van der Waals surface area contributed by atoms with Crippen LogP contribution in [0.2, 0.25) is 5.02 Å². The molecule has 20 heavy (non-hydrogen) atoms. The Hall–Kier alpha value is -2.34. The molecule has 0 amide bonds. The van der Waals surface area contributed by atoms with Gasteiger partial charge >= 0.3 is 0 Å². The van der Waals surface area contributed by atoms with Gasteiger partial charge in [-0.1, -0.05) is 11.6 Å². The van der Waals surface area contributed by atoms with Crippen LogP contribution in [-0.2, 0) is 6.54 Å². The molecule has 3 aromatic rings. The first kappa shape index (κ1) is 12.7. The average molecular weight is 290 g/mol. The molecule has 6 nitrogen and oxygen atoms in total. The molecule has 2 N–H and O–H groups in total. The summed E-state index contributed by atoms with van der Waals surface area (Å²) in [6.07, 6.45) is 1.73. The van der Waals surface area contributed by atoms with E-state index in [1.165, 1.54) is 0 Å². The molecule has 7 heteroatoms. The van der Waals surface area contributed by atoms with Crippen LogP contribution in [0.15, 0.2) is 34.9 Å². The maximum absolute atomic E-state index is 6.11. The zero-order valence-corrected chi connectivity index (χ0v) is 11.5. The van der Waals surface area contributed by atoms with Gasteiger partial charge in [-0.2, -0.15) is 5.10 Å². The predicted molar refractivity (Wildman–Crippen MR) is 76.1 cm³/mol. The highest BCUT2D eigenvalue weighted by molar-refractivity contribution is 6.32. The van der Waals surface area contributed by atoms with Gasteiger partial charge in [0.05, 0.1) is 5.02 Å². The summed E-state index contributed by atoms with van der Waals surface area (Å²) in [5, 5.41) is 12.8. The monoisotopic (exact) mass is 289 g/mol. The van der Waals surface area contributed by atoms with Crippen LogP contribution in [0, 0.1) is 0 Å². The minimum absolute atomic E-state index is 0.300. The molecule has 0 saturated carbocycles. The van der Waals surface area contributed by atoms with Crippen molar-refractivity contribution in [2.45, 2.75) is 13.5 Å². The average Bonchev–Trinajstić information content (AvgIpc) is 3.06. The molecule has 0 aliphatic carbocycles. The number of anilines is 1. The molecular formula is C13H12ClN5O. The topological polar surface area (TPSA) is 82.8 Å². The van der Waals surface area contributed by atoms with Crippen molar-refractivity contribution in [2.75, 3.05) is 5.73 Å². The Morgan fingerprint density at radius 1 is 1.20 bits per heavy atom. The maximum atomic E-state index is 6.11. The number of hydrogen-bond donors (Lipinski definition) is 1. The lowest BCUT2D eigenvalue weighted by molar-refractivity contribution is 0.577. The van der Waals surface area contributed by atoms with Crippen LogP contribution in [0.25, 0.3) is 23.0 Å². The molecule has 0 aliphatic rings. The standard InChI is InChI=1S/C13H12ClN5O/c1-2-19-7-10(14)11(18-19)13-17-16-12(20-13)8-3-5-9(15)6-4-8/h3-7H,2,15H2,1H3. The van der Waals surface area contributed by atoms with Crippen molar-refractivity contribution >= 4 is 17.3 Å². The summed E-state index contributed by atoms with van der Waals surface area (Å²) in [6.45, 7) is 2.69. The molecular weight excluding hydrogens is 278 g/mol. The second-order valence-corrected chi connectivity index (χ2v) is 4.62. The SMILES string of the molecule is CCn1cc(Cl)c(-c2nnc(-c3ccc(N)cc3)o2)n1. The van der Waals surface area contributed by atoms with E-state index >= 15 is 0 Å². The van der Waals surface area contributed by atoms with Gasteiger partial charge in [-0.05, 0) is 31.2 Å². The van der Waals surface area contributed by atoms with Crippen molar-refractivity contribution in [1.82, 2.24) is 20.0 Å². The fourth-order valence-electron chi connectivity index (χ4n) is 1.77. The number of halogens is 1. The van der Waals surface area contributed by atoms with Crippen LogP contribution in [0.3, 0.4) is 0 Å². The molecule has 1 aromatic carbocycles. The second-order valence-electron chi connectivity index (χ2n) is 4.22. The Labute approximate surface area is 120 Å². The van der Waals surface area contributed by atoms with Gasteiger partial charge in [0.15, 0.2) is 5.69 Å². The predicted octanol–water partition coefficient (Wildman–Crippen LogP) is 2.86. The van der Waals surface area contributed by atoms with Crippen molar-refractivity contribution in [3.63, 3.8) is 0 Å². The summed E-state index contributed by atoms with van der Waals surface area (Å²) < 4.78 is 7.32. The quantitative estimate of drug-likeness (QED) is 0.750. The van der Waals surface area contributed by atoms with Gasteiger partial charge in [0.2, 0.25) is 5.89 Å². The Balaban J connectivity index is 1.97. The number of nitrogen functional groups attached to an aromatic ring is 1. The molecule has 2 aromatic heterocycles. The van der Waals surface area contributed by atoms with E-state index in [4.69, 9.17) is 21.8 Å². The molecule has 102 valence electrons. The fraction of sp³-hybridized carbons (Fsp3) is 0.154. The van der Waals surface area contributed by atoms with Crippen molar-refractivity contribution < 1.29 is 4.42 Å². The summed E-state index contributed by atoms with van der Waals surface area (Å²) in [5.41, 5.74) is 7.60. The minimum atomic E-state index is 0.300. The van der Waals surface area contributed by atoms with Crippen LogP contribution in [0.4, 0.5) is 5.69 Å². The van der Waals surface area contributed by atoms with Crippen molar-refractivity contribution in [1.29, 1.82) is 0 Å². The molecule has 0 aliphatic heterocycles. The zero-order valence-electron chi connectivity index (χ0n) is 10.7. The van der Waals surface area contributed by atoms with Crippen LogP contribution in [-0.4, -0.2) is 20.0 Å². The van der Waals surface area contributed by atoms with Gasteiger partial charge < -0.3 is 10.2 Å². The third-order valence-electron chi connectivity index (χ3n) is 2.83. The van der Waals surface area contributed by atoms with Gasteiger partial charge in [0.1, 0.15) is 0 Å². The maximum Gasteiger partial charge on any atom is 0.270 e. The highest BCUT2D eigenvalue weighted by Gasteiger charge is 2.16. The van der Waals surface area contributed by atoms with Crippen LogP contribution >= 0.6 is 11.6 Å². The summed E-state index contributed by atoms with van der Waals surface area (Å²) in [4.78, 5) is 0. The molecule has 2 heterocycles. The van der Waals surface area contributed by atoms with E-state index in [0.29, 0.717) is 28.2 Å². The number of aromatic nitrogens is 4. The third kappa shape index (κ3) is 2.25. The number of benzene rings is 1. The first-order valence-corrected chi connectivity index (χ1v) is 6.48. The number of rotatable bonds is 3. The number of aryl methyl sites for hydroxylation is 1. The van der Waals surface area contributed by atoms with E-state index in [2.05, 4.69) is 15.3 Å². The van der Waals surface area contributed by atoms with Crippen molar-refractivity contribution in [3.8, 4) is 23.0 Å². The first-order chi connectivity index (χ1) is 9.67. The van der Waals surface area contributed by atoms with Gasteiger partial charge in [-0.15, -0.1) is 10.2 Å². The van der Waals surface area contributed by atoms with Crippen molar-refractivity contribution in [3.05, 3.63) is 35.5 Å². The largest absolute Gasteiger partial charge is 0.414 e. The van der Waals surface area contributed by atoms with Crippen LogP contribution < -0.4 is 5.73 Å². The Morgan fingerprint density at radius 2 is 1.90 bits per heavy atom. The summed E-state index contributed by atoms with van der Waals surface area (Å²) in [5.74, 6) is 0.705. The fourth-order valence-corrected chi connectivity index (χ4v) is 2.00. The molecule has 0 spiro atoms. The van der Waals surface area contributed by atoms with E-state index in [9.17, 15) is 0 Å². The lowest BCUT2D eigenvalue weighted by atomic mass is 10.2. The highest BCUT2D eigenvalue weighted by Crippen LogP contribution is 2.28. The van der Waals surface area contributed by atoms with E-state index in [-0.39, 0.29) is 0 Å². The van der Waals surface area contributed by atoms with Crippen molar-refractivity contribution in [2.24, 2.45) is 0 Å².